The largest absolute Gasteiger partial charge is 0.319 e. The molecule has 2 aromatic rings. The average molecular weight is 292 g/mol. The van der Waals surface area contributed by atoms with Gasteiger partial charge < -0.3 is 5.73 Å². The summed E-state index contributed by atoms with van der Waals surface area (Å²) in [5.74, 6) is 0.649. The van der Waals surface area contributed by atoms with Gasteiger partial charge in [0.05, 0.1) is 5.54 Å². The molecule has 2 N–H and O–H groups in total. The zero-order valence-corrected chi connectivity index (χ0v) is 11.4. The fraction of sp³-hybridized carbons (Fsp3) is 0.231. The standard InChI is InChI=1S/C13H14BrN3/c1-13(2,15)12-16-7-10(8-17-12)9-4-3-5-11(14)6-9/h3-8H,15H2,1-2H3. The number of hydrogen-bond acceptors (Lipinski definition) is 3. The summed E-state index contributed by atoms with van der Waals surface area (Å²) >= 11 is 3.44. The maximum atomic E-state index is 5.94. The molecule has 1 heterocycles. The molecule has 3 nitrogen and oxygen atoms in total. The van der Waals surface area contributed by atoms with Gasteiger partial charge in [0.15, 0.2) is 0 Å². The van der Waals surface area contributed by atoms with Crippen LogP contribution in [0.25, 0.3) is 11.1 Å². The van der Waals surface area contributed by atoms with Gasteiger partial charge in [-0.2, -0.15) is 0 Å². The molecule has 88 valence electrons. The molecule has 0 fully saturated rings. The van der Waals surface area contributed by atoms with Crippen LogP contribution in [0.4, 0.5) is 0 Å². The molecular weight excluding hydrogens is 278 g/mol. The van der Waals surface area contributed by atoms with Gasteiger partial charge in [0, 0.05) is 22.4 Å². The number of rotatable bonds is 2. The Kier molecular flexibility index (Phi) is 3.26. The van der Waals surface area contributed by atoms with E-state index >= 15 is 0 Å². The second kappa shape index (κ2) is 4.55. The Morgan fingerprint density at radius 2 is 1.76 bits per heavy atom. The molecule has 0 aliphatic heterocycles. The average Bonchev–Trinajstić information content (AvgIpc) is 2.28. The van der Waals surface area contributed by atoms with Gasteiger partial charge in [-0.05, 0) is 31.5 Å². The van der Waals surface area contributed by atoms with Crippen molar-refractivity contribution >= 4 is 15.9 Å². The lowest BCUT2D eigenvalue weighted by atomic mass is 10.1. The van der Waals surface area contributed by atoms with Crippen LogP contribution in [0.3, 0.4) is 0 Å². The maximum absolute atomic E-state index is 5.94. The van der Waals surface area contributed by atoms with Crippen LogP contribution in [0.15, 0.2) is 41.1 Å². The minimum atomic E-state index is -0.504. The van der Waals surface area contributed by atoms with E-state index < -0.39 is 5.54 Å². The minimum Gasteiger partial charge on any atom is -0.319 e. The molecule has 0 atom stereocenters. The summed E-state index contributed by atoms with van der Waals surface area (Å²) in [6.07, 6.45) is 3.61. The third-order valence-corrected chi connectivity index (χ3v) is 2.88. The third kappa shape index (κ3) is 2.90. The van der Waals surface area contributed by atoms with E-state index in [1.54, 1.807) is 12.4 Å². The molecule has 0 spiro atoms. The van der Waals surface area contributed by atoms with Crippen molar-refractivity contribution in [2.45, 2.75) is 19.4 Å². The van der Waals surface area contributed by atoms with Crippen molar-refractivity contribution in [1.29, 1.82) is 0 Å². The molecule has 1 aromatic heterocycles. The van der Waals surface area contributed by atoms with Crippen LogP contribution < -0.4 is 5.73 Å². The van der Waals surface area contributed by atoms with Crippen molar-refractivity contribution in [3.05, 3.63) is 47.0 Å². The van der Waals surface area contributed by atoms with E-state index in [-0.39, 0.29) is 0 Å². The van der Waals surface area contributed by atoms with Gasteiger partial charge in [-0.1, -0.05) is 28.1 Å². The van der Waals surface area contributed by atoms with Crippen LogP contribution in [-0.2, 0) is 5.54 Å². The zero-order valence-electron chi connectivity index (χ0n) is 9.81. The highest BCUT2D eigenvalue weighted by atomic mass is 79.9. The summed E-state index contributed by atoms with van der Waals surface area (Å²) in [6.45, 7) is 3.78. The van der Waals surface area contributed by atoms with Crippen molar-refractivity contribution in [3.63, 3.8) is 0 Å². The van der Waals surface area contributed by atoms with Crippen LogP contribution in [0, 0.1) is 0 Å². The van der Waals surface area contributed by atoms with Crippen LogP contribution in [0.1, 0.15) is 19.7 Å². The van der Waals surface area contributed by atoms with Crippen LogP contribution in [0.2, 0.25) is 0 Å². The first-order valence-electron chi connectivity index (χ1n) is 5.34. The van der Waals surface area contributed by atoms with E-state index in [0.717, 1.165) is 15.6 Å². The van der Waals surface area contributed by atoms with Gasteiger partial charge in [-0.15, -0.1) is 0 Å². The van der Waals surface area contributed by atoms with E-state index in [2.05, 4.69) is 25.9 Å². The Balaban J connectivity index is 2.36. The van der Waals surface area contributed by atoms with Gasteiger partial charge in [-0.3, -0.25) is 0 Å². The number of hydrogen-bond donors (Lipinski definition) is 1. The van der Waals surface area contributed by atoms with E-state index in [1.807, 2.05) is 38.1 Å². The van der Waals surface area contributed by atoms with Crippen molar-refractivity contribution in [1.82, 2.24) is 9.97 Å². The second-order valence-corrected chi connectivity index (χ2v) is 5.44. The predicted octanol–water partition coefficient (Wildman–Crippen LogP) is 3.10. The highest BCUT2D eigenvalue weighted by Gasteiger charge is 2.17. The van der Waals surface area contributed by atoms with Crippen LogP contribution in [0.5, 0.6) is 0 Å². The van der Waals surface area contributed by atoms with Crippen molar-refractivity contribution in [2.75, 3.05) is 0 Å². The Hall–Kier alpha value is -1.26. The molecule has 0 saturated heterocycles. The van der Waals surface area contributed by atoms with Gasteiger partial charge in [0.25, 0.3) is 0 Å². The summed E-state index contributed by atoms with van der Waals surface area (Å²) in [6, 6.07) is 8.03. The third-order valence-electron chi connectivity index (χ3n) is 2.39. The fourth-order valence-corrected chi connectivity index (χ4v) is 1.88. The highest BCUT2D eigenvalue weighted by molar-refractivity contribution is 9.10. The normalized spacial score (nSPS) is 11.5. The first-order chi connectivity index (χ1) is 7.97. The Morgan fingerprint density at radius 3 is 2.29 bits per heavy atom. The maximum Gasteiger partial charge on any atom is 0.147 e. The molecule has 4 heteroatoms. The number of nitrogens with zero attached hydrogens (tertiary/aromatic N) is 2. The highest BCUT2D eigenvalue weighted by Crippen LogP contribution is 2.22. The molecule has 17 heavy (non-hydrogen) atoms. The lowest BCUT2D eigenvalue weighted by Gasteiger charge is -2.16. The van der Waals surface area contributed by atoms with E-state index in [4.69, 9.17) is 5.73 Å². The second-order valence-electron chi connectivity index (χ2n) is 4.53. The quantitative estimate of drug-likeness (QED) is 0.925. The molecule has 0 aliphatic carbocycles. The number of aromatic nitrogens is 2. The number of nitrogens with two attached hydrogens (primary N) is 1. The molecule has 0 bridgehead atoms. The van der Waals surface area contributed by atoms with Gasteiger partial charge >= 0.3 is 0 Å². The van der Waals surface area contributed by atoms with E-state index in [0.29, 0.717) is 5.82 Å². The first-order valence-corrected chi connectivity index (χ1v) is 6.13. The van der Waals surface area contributed by atoms with E-state index in [9.17, 15) is 0 Å². The molecular formula is C13H14BrN3. The summed E-state index contributed by atoms with van der Waals surface area (Å²) in [5.41, 5.74) is 7.50. The molecule has 0 amide bonds. The molecule has 0 aliphatic rings. The monoisotopic (exact) mass is 291 g/mol. The van der Waals surface area contributed by atoms with Crippen LogP contribution >= 0.6 is 15.9 Å². The first kappa shape index (κ1) is 12.2. The Labute approximate surface area is 109 Å². The smallest absolute Gasteiger partial charge is 0.147 e. The Morgan fingerprint density at radius 1 is 1.12 bits per heavy atom. The number of benzene rings is 1. The van der Waals surface area contributed by atoms with Crippen molar-refractivity contribution < 1.29 is 0 Å². The van der Waals surface area contributed by atoms with Crippen molar-refractivity contribution in [3.8, 4) is 11.1 Å². The molecule has 1 aromatic carbocycles. The molecule has 0 unspecified atom stereocenters. The van der Waals surface area contributed by atoms with Gasteiger partial charge in [0.2, 0.25) is 0 Å². The molecule has 0 radical (unpaired) electrons. The lowest BCUT2D eigenvalue weighted by molar-refractivity contribution is 0.514. The summed E-state index contributed by atoms with van der Waals surface area (Å²) < 4.78 is 1.04. The minimum absolute atomic E-state index is 0.504. The van der Waals surface area contributed by atoms with Gasteiger partial charge in [0.1, 0.15) is 5.82 Å². The zero-order chi connectivity index (χ0) is 12.5. The van der Waals surface area contributed by atoms with Crippen LogP contribution in [-0.4, -0.2) is 9.97 Å². The van der Waals surface area contributed by atoms with E-state index in [1.165, 1.54) is 0 Å². The topological polar surface area (TPSA) is 51.8 Å². The SMILES string of the molecule is CC(C)(N)c1ncc(-c2cccc(Br)c2)cn1. The number of halogens is 1. The summed E-state index contributed by atoms with van der Waals surface area (Å²) in [4.78, 5) is 8.61. The van der Waals surface area contributed by atoms with Gasteiger partial charge in [-0.25, -0.2) is 9.97 Å². The Bertz CT molecular complexity index is 515. The lowest BCUT2D eigenvalue weighted by Crippen LogP contribution is -2.31. The molecule has 0 saturated carbocycles. The summed E-state index contributed by atoms with van der Waals surface area (Å²) in [5, 5.41) is 0. The predicted molar refractivity (Wildman–Crippen MR) is 72.4 cm³/mol. The molecule has 2 rings (SSSR count). The van der Waals surface area contributed by atoms with Crippen molar-refractivity contribution in [2.24, 2.45) is 5.73 Å². The summed E-state index contributed by atoms with van der Waals surface area (Å²) in [7, 11) is 0. The fourth-order valence-electron chi connectivity index (χ4n) is 1.48.